The predicted molar refractivity (Wildman–Crippen MR) is 175 cm³/mol. The number of rotatable bonds is 15. The highest BCUT2D eigenvalue weighted by Gasteiger charge is 2.39. The highest BCUT2D eigenvalue weighted by molar-refractivity contribution is 7.84. The molecule has 0 atom stereocenters. The number of benzene rings is 1. The van der Waals surface area contributed by atoms with Gasteiger partial charge >= 0.3 is 26.6 Å². The van der Waals surface area contributed by atoms with E-state index in [2.05, 4.69) is 0 Å². The van der Waals surface area contributed by atoms with Gasteiger partial charge in [-0.25, -0.2) is 9.37 Å². The second-order valence-corrected chi connectivity index (χ2v) is 13.4. The molecule has 2 aliphatic carbocycles. The first-order valence-electron chi connectivity index (χ1n) is 15.1. The van der Waals surface area contributed by atoms with Gasteiger partial charge in [0.05, 0.1) is 30.7 Å². The number of hydroxylamine groups is 2. The topological polar surface area (TPSA) is 257 Å². The standard InChI is InChI=1S/C30H33N5O13S2/c1-2-33(16-13-25(38)48-35-23(36)11-12-24(35)37)21-7-3-19(4-8-21)26-28(39)27(30(41)29(26)40)20-5-9-22(10-6-20)34(17-14-31-49(42,43)44)18-15-32-50(45,46)47/h3-10,31-32H,2,11-18H2,1H3,(H2-,39,40,41,42,43,44,45,46,47)/p+1. The highest BCUT2D eigenvalue weighted by atomic mass is 32.2. The van der Waals surface area contributed by atoms with Crippen LogP contribution >= 0.6 is 0 Å². The molecule has 1 aromatic rings. The van der Waals surface area contributed by atoms with Crippen LogP contribution < -0.4 is 14.3 Å². The lowest BCUT2D eigenvalue weighted by Gasteiger charge is -2.23. The van der Waals surface area contributed by atoms with Crippen LogP contribution in [0.1, 0.15) is 31.7 Å². The second-order valence-electron chi connectivity index (χ2n) is 11.0. The molecule has 1 fully saturated rings. The Balaban J connectivity index is 1.51. The molecule has 0 radical (unpaired) electrons. The van der Waals surface area contributed by atoms with Gasteiger partial charge in [-0.2, -0.15) is 26.3 Å². The number of ketones is 2. The first-order valence-corrected chi connectivity index (χ1v) is 18.0. The summed E-state index contributed by atoms with van der Waals surface area (Å²) in [5.41, 5.74) is 1.01. The summed E-state index contributed by atoms with van der Waals surface area (Å²) in [6.07, 6.45) is 5.65. The summed E-state index contributed by atoms with van der Waals surface area (Å²) in [5, 5.41) is 11.6. The number of aliphatic hydroxyl groups is 1. The molecular formula is C30H34N5O13S2+. The van der Waals surface area contributed by atoms with Gasteiger partial charge in [0.15, 0.2) is 18.8 Å². The number of anilines is 1. The van der Waals surface area contributed by atoms with Crippen molar-refractivity contribution in [3.05, 3.63) is 71.0 Å². The molecule has 0 spiro atoms. The third-order valence-corrected chi connectivity index (χ3v) is 8.81. The van der Waals surface area contributed by atoms with Crippen molar-refractivity contribution in [1.29, 1.82) is 0 Å². The van der Waals surface area contributed by atoms with E-state index in [4.69, 9.17) is 13.9 Å². The molecule has 3 aliphatic rings. The van der Waals surface area contributed by atoms with Crippen molar-refractivity contribution in [3.63, 3.8) is 0 Å². The van der Waals surface area contributed by atoms with Crippen LogP contribution in [-0.4, -0.2) is 115 Å². The van der Waals surface area contributed by atoms with E-state index >= 15 is 0 Å². The zero-order valence-electron chi connectivity index (χ0n) is 26.6. The monoisotopic (exact) mass is 736 g/mol. The molecule has 2 amide bonds. The van der Waals surface area contributed by atoms with Gasteiger partial charge in [0, 0.05) is 43.8 Å². The van der Waals surface area contributed by atoms with Crippen LogP contribution in [0, 0.1) is 0 Å². The normalized spacial score (nSPS) is 16.7. The number of carbonyl (C=O) groups excluding carboxylic acids is 5. The lowest BCUT2D eigenvalue weighted by molar-refractivity contribution is -0.522. The first-order chi connectivity index (χ1) is 23.5. The van der Waals surface area contributed by atoms with Crippen molar-refractivity contribution in [2.45, 2.75) is 26.2 Å². The number of imide groups is 1. The maximum absolute atomic E-state index is 13.1. The maximum Gasteiger partial charge on any atom is 0.334 e. The fourth-order valence-electron chi connectivity index (χ4n) is 5.27. The van der Waals surface area contributed by atoms with Gasteiger partial charge in [-0.15, -0.1) is 5.06 Å². The number of allylic oxidation sites excluding steroid dienone is 7. The minimum Gasteiger partial charge on any atom is -0.506 e. The Kier molecular flexibility index (Phi) is 12.0. The van der Waals surface area contributed by atoms with Gasteiger partial charge < -0.3 is 14.8 Å². The third kappa shape index (κ3) is 9.64. The summed E-state index contributed by atoms with van der Waals surface area (Å²) in [6, 6.07) is 6.31. The summed E-state index contributed by atoms with van der Waals surface area (Å²) in [4.78, 5) is 68.5. The largest absolute Gasteiger partial charge is 0.506 e. The van der Waals surface area contributed by atoms with E-state index in [1.165, 1.54) is 41.0 Å². The fraction of sp³-hybridized carbons (Fsp3) is 0.333. The van der Waals surface area contributed by atoms with Gasteiger partial charge in [-0.3, -0.25) is 28.3 Å². The van der Waals surface area contributed by atoms with Crippen molar-refractivity contribution >= 4 is 66.9 Å². The van der Waals surface area contributed by atoms with E-state index in [1.54, 1.807) is 17.0 Å². The quantitative estimate of drug-likeness (QED) is 0.0505. The Labute approximate surface area is 286 Å². The van der Waals surface area contributed by atoms with Gasteiger partial charge in [0.25, 0.3) is 11.8 Å². The summed E-state index contributed by atoms with van der Waals surface area (Å²) in [7, 11) is -9.01. The molecule has 0 aromatic heterocycles. The minimum absolute atomic E-state index is 0.0197. The molecule has 20 heteroatoms. The van der Waals surface area contributed by atoms with E-state index in [0.717, 1.165) is 0 Å². The van der Waals surface area contributed by atoms with Gasteiger partial charge in [0.1, 0.15) is 5.76 Å². The Morgan fingerprint density at radius 3 is 1.88 bits per heavy atom. The van der Waals surface area contributed by atoms with E-state index in [9.17, 15) is 45.9 Å². The van der Waals surface area contributed by atoms with Crippen LogP contribution in [0.2, 0.25) is 0 Å². The minimum atomic E-state index is -4.50. The number of nitrogens with one attached hydrogen (secondary N) is 2. The van der Waals surface area contributed by atoms with E-state index in [0.29, 0.717) is 23.0 Å². The van der Waals surface area contributed by atoms with Gasteiger partial charge in [-0.1, -0.05) is 12.1 Å². The van der Waals surface area contributed by atoms with Crippen LogP contribution in [0.3, 0.4) is 0 Å². The molecular weight excluding hydrogens is 702 g/mol. The average molecular weight is 737 g/mol. The number of carbonyl (C=O) groups is 5. The van der Waals surface area contributed by atoms with Crippen molar-refractivity contribution in [2.24, 2.45) is 0 Å². The van der Waals surface area contributed by atoms with Crippen LogP contribution in [0.25, 0.3) is 5.57 Å². The molecule has 1 saturated heterocycles. The van der Waals surface area contributed by atoms with Crippen molar-refractivity contribution in [1.82, 2.24) is 14.5 Å². The lowest BCUT2D eigenvalue weighted by atomic mass is 10.00. The highest BCUT2D eigenvalue weighted by Crippen LogP contribution is 2.35. The van der Waals surface area contributed by atoms with Crippen LogP contribution in [-0.2, 0) is 49.4 Å². The maximum atomic E-state index is 13.1. The number of hydrogen-bond acceptors (Lipinski definition) is 12. The number of Topliss-reactive ketones (excluding diaryl/α,β-unsaturated/α-hetero) is 2. The molecule has 1 aromatic carbocycles. The molecule has 1 aliphatic heterocycles. The summed E-state index contributed by atoms with van der Waals surface area (Å²) >= 11 is 0. The van der Waals surface area contributed by atoms with Crippen LogP contribution in [0.4, 0.5) is 5.69 Å². The molecule has 4 rings (SSSR count). The zero-order valence-corrected chi connectivity index (χ0v) is 28.2. The van der Waals surface area contributed by atoms with Crippen LogP contribution in [0.5, 0.6) is 0 Å². The Morgan fingerprint density at radius 2 is 1.38 bits per heavy atom. The van der Waals surface area contributed by atoms with Crippen molar-refractivity contribution < 1.29 is 64.4 Å². The molecule has 50 heavy (non-hydrogen) atoms. The number of aliphatic hydroxyl groups excluding tert-OH is 1. The second kappa shape index (κ2) is 15.8. The fourth-order valence-corrected chi connectivity index (χ4v) is 5.97. The molecule has 1 heterocycles. The summed E-state index contributed by atoms with van der Waals surface area (Å²) in [5.74, 6) is -4.37. The molecule has 268 valence electrons. The smallest absolute Gasteiger partial charge is 0.334 e. The average Bonchev–Trinajstić information content (AvgIpc) is 3.48. The number of amides is 2. The van der Waals surface area contributed by atoms with Crippen molar-refractivity contribution in [3.8, 4) is 0 Å². The number of nitrogens with zero attached hydrogens (tertiary/aromatic N) is 3. The summed E-state index contributed by atoms with van der Waals surface area (Å²) in [6.45, 7) is 1.83. The Morgan fingerprint density at radius 1 is 0.860 bits per heavy atom. The lowest BCUT2D eigenvalue weighted by Crippen LogP contribution is -2.36. The van der Waals surface area contributed by atoms with E-state index < -0.39 is 55.7 Å². The van der Waals surface area contributed by atoms with Gasteiger partial charge in [0.2, 0.25) is 11.6 Å². The molecule has 18 nitrogen and oxygen atoms in total. The molecule has 0 saturated carbocycles. The van der Waals surface area contributed by atoms with E-state index in [1.807, 2.05) is 16.4 Å². The third-order valence-electron chi connectivity index (χ3n) is 7.68. The van der Waals surface area contributed by atoms with Crippen LogP contribution in [0.15, 0.2) is 65.5 Å². The SMILES string of the molecule is CCN(CCC(=O)ON1C(=O)CCC1=O)c1ccc(C2=C(O)C(=C3C=CC(=[N+](CCNS(=O)(=O)O)CCNS(=O)(=O)O)C=C3)C(=O)C2=O)cc1. The summed E-state index contributed by atoms with van der Waals surface area (Å²) < 4.78 is 67.4. The molecule has 0 unspecified atom stereocenters. The molecule has 0 bridgehead atoms. The Hall–Kier alpha value is -4.86. The predicted octanol–water partition coefficient (Wildman–Crippen LogP) is -0.408. The first kappa shape index (κ1) is 38.0. The Bertz CT molecular complexity index is 1910. The van der Waals surface area contributed by atoms with Crippen molar-refractivity contribution in [2.75, 3.05) is 44.2 Å². The number of hydrogen-bond donors (Lipinski definition) is 5. The zero-order chi connectivity index (χ0) is 36.8. The van der Waals surface area contributed by atoms with Gasteiger partial charge in [-0.05, 0) is 42.3 Å². The van der Waals surface area contributed by atoms with E-state index in [-0.39, 0.29) is 74.3 Å². The molecule has 5 N–H and O–H groups in total.